The van der Waals surface area contributed by atoms with Crippen molar-refractivity contribution in [3.63, 3.8) is 0 Å². The van der Waals surface area contributed by atoms with Gasteiger partial charge in [0.1, 0.15) is 5.69 Å². The molecule has 2 N–H and O–H groups in total. The number of carbonyl (C=O) groups is 1. The van der Waals surface area contributed by atoms with Gasteiger partial charge in [-0.05, 0) is 12.5 Å². The summed E-state index contributed by atoms with van der Waals surface area (Å²) in [4.78, 5) is 14.1. The van der Waals surface area contributed by atoms with Crippen molar-refractivity contribution in [2.24, 2.45) is 0 Å². The van der Waals surface area contributed by atoms with E-state index < -0.39 is 0 Å². The largest absolute Gasteiger partial charge is 0.383 e. The van der Waals surface area contributed by atoms with Crippen molar-refractivity contribution >= 4 is 22.9 Å². The second kappa shape index (κ2) is 5.53. The highest BCUT2D eigenvalue weighted by Crippen LogP contribution is 2.26. The summed E-state index contributed by atoms with van der Waals surface area (Å²) in [5.41, 5.74) is 2.59. The van der Waals surface area contributed by atoms with E-state index in [2.05, 4.69) is 17.2 Å². The van der Waals surface area contributed by atoms with Crippen molar-refractivity contribution < 1.29 is 4.79 Å². The fourth-order valence-corrected chi connectivity index (χ4v) is 2.03. The summed E-state index contributed by atoms with van der Waals surface area (Å²) in [5, 5.41) is 4.45. The van der Waals surface area contributed by atoms with E-state index in [1.807, 2.05) is 24.3 Å². The normalized spacial score (nSPS) is 10.6. The van der Waals surface area contributed by atoms with Crippen LogP contribution >= 0.6 is 0 Å². The first-order valence-corrected chi connectivity index (χ1v) is 6.16. The topological polar surface area (TPSA) is 44.9 Å². The standard InChI is InChI=1S/C14H18N2O/c1-2-3-6-9-15-14-11-7-4-5-8-12(11)16-13(14)10-17/h4-5,7-8,10,15-16H,2-3,6,9H2,1H3. The van der Waals surface area contributed by atoms with E-state index in [0.717, 1.165) is 35.8 Å². The van der Waals surface area contributed by atoms with Gasteiger partial charge in [0.05, 0.1) is 5.69 Å². The Balaban J connectivity index is 2.21. The van der Waals surface area contributed by atoms with Gasteiger partial charge in [0.25, 0.3) is 0 Å². The number of benzene rings is 1. The summed E-state index contributed by atoms with van der Waals surface area (Å²) in [6.45, 7) is 3.10. The Morgan fingerprint density at radius 3 is 2.88 bits per heavy atom. The highest BCUT2D eigenvalue weighted by atomic mass is 16.1. The van der Waals surface area contributed by atoms with Gasteiger partial charge in [-0.1, -0.05) is 38.0 Å². The third-order valence-electron chi connectivity index (χ3n) is 2.94. The predicted molar refractivity (Wildman–Crippen MR) is 71.7 cm³/mol. The van der Waals surface area contributed by atoms with Gasteiger partial charge in [-0.2, -0.15) is 0 Å². The Bertz CT molecular complexity index is 502. The zero-order valence-electron chi connectivity index (χ0n) is 10.1. The predicted octanol–water partition coefficient (Wildman–Crippen LogP) is 3.58. The van der Waals surface area contributed by atoms with Crippen LogP contribution in [0.1, 0.15) is 36.7 Å². The van der Waals surface area contributed by atoms with Crippen molar-refractivity contribution in [1.82, 2.24) is 4.98 Å². The molecule has 17 heavy (non-hydrogen) atoms. The van der Waals surface area contributed by atoms with Crippen LogP contribution in [0, 0.1) is 0 Å². The molecular weight excluding hydrogens is 212 g/mol. The number of carbonyl (C=O) groups excluding carboxylic acids is 1. The van der Waals surface area contributed by atoms with Crippen molar-refractivity contribution in [2.75, 3.05) is 11.9 Å². The van der Waals surface area contributed by atoms with Gasteiger partial charge in [-0.3, -0.25) is 4.79 Å². The average Bonchev–Trinajstić information content (AvgIpc) is 2.73. The number of nitrogens with one attached hydrogen (secondary N) is 2. The molecule has 0 aliphatic rings. The molecule has 0 spiro atoms. The molecule has 0 radical (unpaired) electrons. The minimum atomic E-state index is 0.641. The minimum absolute atomic E-state index is 0.641. The molecule has 2 rings (SSSR count). The van der Waals surface area contributed by atoms with Gasteiger partial charge in [0, 0.05) is 17.4 Å². The van der Waals surface area contributed by atoms with Crippen LogP contribution in [-0.2, 0) is 0 Å². The van der Waals surface area contributed by atoms with Crippen LogP contribution in [0.5, 0.6) is 0 Å². The van der Waals surface area contributed by atoms with Crippen LogP contribution in [0.4, 0.5) is 5.69 Å². The minimum Gasteiger partial charge on any atom is -0.383 e. The van der Waals surface area contributed by atoms with Crippen molar-refractivity contribution in [3.8, 4) is 0 Å². The van der Waals surface area contributed by atoms with Crippen molar-refractivity contribution in [3.05, 3.63) is 30.0 Å². The maximum Gasteiger partial charge on any atom is 0.168 e. The Morgan fingerprint density at radius 2 is 2.12 bits per heavy atom. The summed E-state index contributed by atoms with van der Waals surface area (Å²) in [5.74, 6) is 0. The summed E-state index contributed by atoms with van der Waals surface area (Å²) in [6, 6.07) is 7.97. The number of hydrogen-bond acceptors (Lipinski definition) is 2. The van der Waals surface area contributed by atoms with E-state index in [-0.39, 0.29) is 0 Å². The number of aldehydes is 1. The second-order valence-electron chi connectivity index (χ2n) is 4.21. The van der Waals surface area contributed by atoms with Gasteiger partial charge >= 0.3 is 0 Å². The number of anilines is 1. The fraction of sp³-hybridized carbons (Fsp3) is 0.357. The SMILES string of the molecule is CCCCCNc1c(C=O)[nH]c2ccccc12. The average molecular weight is 230 g/mol. The first-order valence-electron chi connectivity index (χ1n) is 6.16. The number of hydrogen-bond donors (Lipinski definition) is 2. The van der Waals surface area contributed by atoms with E-state index in [4.69, 9.17) is 0 Å². The Hall–Kier alpha value is -1.77. The molecule has 0 aliphatic carbocycles. The van der Waals surface area contributed by atoms with E-state index in [9.17, 15) is 4.79 Å². The first-order chi connectivity index (χ1) is 8.36. The van der Waals surface area contributed by atoms with E-state index >= 15 is 0 Å². The number of fused-ring (bicyclic) bond motifs is 1. The van der Waals surface area contributed by atoms with E-state index in [0.29, 0.717) is 5.69 Å². The summed E-state index contributed by atoms with van der Waals surface area (Å²) in [7, 11) is 0. The molecule has 0 saturated carbocycles. The van der Waals surface area contributed by atoms with Crippen molar-refractivity contribution in [1.29, 1.82) is 0 Å². The van der Waals surface area contributed by atoms with E-state index in [1.165, 1.54) is 12.8 Å². The third kappa shape index (κ3) is 2.49. The van der Waals surface area contributed by atoms with Gasteiger partial charge in [-0.25, -0.2) is 0 Å². The number of para-hydroxylation sites is 1. The molecule has 0 fully saturated rings. The molecule has 0 atom stereocenters. The molecule has 3 nitrogen and oxygen atoms in total. The summed E-state index contributed by atoms with van der Waals surface area (Å²) >= 11 is 0. The lowest BCUT2D eigenvalue weighted by Crippen LogP contribution is -2.02. The van der Waals surface area contributed by atoms with Crippen LogP contribution in [0.25, 0.3) is 10.9 Å². The molecule has 90 valence electrons. The van der Waals surface area contributed by atoms with Crippen LogP contribution in [0.3, 0.4) is 0 Å². The molecule has 0 aliphatic heterocycles. The number of aromatic amines is 1. The third-order valence-corrected chi connectivity index (χ3v) is 2.94. The number of unbranched alkanes of at least 4 members (excludes halogenated alkanes) is 2. The van der Waals surface area contributed by atoms with Gasteiger partial charge in [-0.15, -0.1) is 0 Å². The molecule has 0 saturated heterocycles. The number of H-pyrrole nitrogens is 1. The van der Waals surface area contributed by atoms with E-state index in [1.54, 1.807) is 0 Å². The first kappa shape index (κ1) is 11.7. The number of rotatable bonds is 6. The van der Waals surface area contributed by atoms with Crippen molar-refractivity contribution in [2.45, 2.75) is 26.2 Å². The van der Waals surface area contributed by atoms with Crippen LogP contribution in [-0.4, -0.2) is 17.8 Å². The Labute approximate surface area is 101 Å². The highest BCUT2D eigenvalue weighted by Gasteiger charge is 2.09. The molecule has 1 aromatic heterocycles. The zero-order chi connectivity index (χ0) is 12.1. The summed E-state index contributed by atoms with van der Waals surface area (Å²) in [6.07, 6.45) is 4.43. The molecule has 3 heteroatoms. The maximum absolute atomic E-state index is 11.0. The molecule has 1 aromatic carbocycles. The maximum atomic E-state index is 11.0. The van der Waals surface area contributed by atoms with Crippen LogP contribution < -0.4 is 5.32 Å². The Morgan fingerprint density at radius 1 is 1.29 bits per heavy atom. The molecule has 0 amide bonds. The van der Waals surface area contributed by atoms with Gasteiger partial charge in [0.2, 0.25) is 0 Å². The monoisotopic (exact) mass is 230 g/mol. The fourth-order valence-electron chi connectivity index (χ4n) is 2.03. The molecule has 0 bridgehead atoms. The van der Waals surface area contributed by atoms with Crippen LogP contribution in [0.2, 0.25) is 0 Å². The van der Waals surface area contributed by atoms with Gasteiger partial charge in [0.15, 0.2) is 6.29 Å². The van der Waals surface area contributed by atoms with Gasteiger partial charge < -0.3 is 10.3 Å². The quantitative estimate of drug-likeness (QED) is 0.588. The molecule has 1 heterocycles. The molecule has 0 unspecified atom stereocenters. The second-order valence-corrected chi connectivity index (χ2v) is 4.21. The zero-order valence-corrected chi connectivity index (χ0v) is 10.1. The highest BCUT2D eigenvalue weighted by molar-refractivity contribution is 6.01. The smallest absolute Gasteiger partial charge is 0.168 e. The number of aromatic nitrogens is 1. The lowest BCUT2D eigenvalue weighted by molar-refractivity contribution is 0.112. The summed E-state index contributed by atoms with van der Waals surface area (Å²) < 4.78 is 0. The lowest BCUT2D eigenvalue weighted by atomic mass is 10.2. The lowest BCUT2D eigenvalue weighted by Gasteiger charge is -2.05. The molecule has 2 aromatic rings. The molecular formula is C14H18N2O. The Kier molecular flexibility index (Phi) is 3.81. The van der Waals surface area contributed by atoms with Crippen LogP contribution in [0.15, 0.2) is 24.3 Å².